The lowest BCUT2D eigenvalue weighted by atomic mass is 10.2. The number of carbonyl (C=O) groups is 1. The average Bonchev–Trinajstić information content (AvgIpc) is 3.19. The van der Waals surface area contributed by atoms with Gasteiger partial charge in [0.2, 0.25) is 0 Å². The van der Waals surface area contributed by atoms with Crippen LogP contribution < -0.4 is 4.74 Å². The zero-order valence-electron chi connectivity index (χ0n) is 16.7. The van der Waals surface area contributed by atoms with Gasteiger partial charge in [-0.1, -0.05) is 24.3 Å². The van der Waals surface area contributed by atoms with Gasteiger partial charge in [-0.05, 0) is 30.7 Å². The van der Waals surface area contributed by atoms with Gasteiger partial charge in [-0.15, -0.1) is 11.3 Å². The Morgan fingerprint density at radius 2 is 2.00 bits per heavy atom. The van der Waals surface area contributed by atoms with Crippen molar-refractivity contribution in [1.82, 2.24) is 14.8 Å². The monoisotopic (exact) mass is 425 g/mol. The van der Waals surface area contributed by atoms with Crippen LogP contribution in [0.1, 0.15) is 28.0 Å². The number of nitrogens with zero attached hydrogens (tertiary/aromatic N) is 3. The van der Waals surface area contributed by atoms with Gasteiger partial charge in [0.25, 0.3) is 5.91 Å². The first-order valence-corrected chi connectivity index (χ1v) is 11.0. The molecule has 0 saturated carbocycles. The molecule has 5 nitrogen and oxygen atoms in total. The summed E-state index contributed by atoms with van der Waals surface area (Å²) in [6.45, 7) is 3.83. The number of hydrogen-bond donors (Lipinski definition) is 0. The van der Waals surface area contributed by atoms with Crippen molar-refractivity contribution in [2.45, 2.75) is 19.6 Å². The first-order chi connectivity index (χ1) is 14.7. The van der Waals surface area contributed by atoms with Gasteiger partial charge >= 0.3 is 0 Å². The molecule has 0 N–H and O–H groups in total. The molecule has 0 aliphatic carbocycles. The van der Waals surface area contributed by atoms with Crippen LogP contribution in [0.2, 0.25) is 0 Å². The highest BCUT2D eigenvalue weighted by molar-refractivity contribution is 7.07. The van der Waals surface area contributed by atoms with E-state index in [9.17, 15) is 9.18 Å². The van der Waals surface area contributed by atoms with Crippen LogP contribution in [0.3, 0.4) is 0 Å². The maximum Gasteiger partial charge on any atom is 0.254 e. The zero-order chi connectivity index (χ0) is 20.8. The van der Waals surface area contributed by atoms with Crippen molar-refractivity contribution < 1.29 is 13.9 Å². The van der Waals surface area contributed by atoms with Crippen LogP contribution in [-0.2, 0) is 13.2 Å². The minimum absolute atomic E-state index is 0.00171. The summed E-state index contributed by atoms with van der Waals surface area (Å²) < 4.78 is 19.7. The molecule has 0 radical (unpaired) electrons. The molecule has 1 fully saturated rings. The first kappa shape index (κ1) is 20.5. The molecule has 1 aliphatic heterocycles. The molecule has 0 spiro atoms. The summed E-state index contributed by atoms with van der Waals surface area (Å²) in [5.41, 5.74) is 3.96. The van der Waals surface area contributed by atoms with Crippen molar-refractivity contribution in [2.75, 3.05) is 26.2 Å². The summed E-state index contributed by atoms with van der Waals surface area (Å²) in [5, 5.41) is 1.94. The molecule has 0 atom stereocenters. The van der Waals surface area contributed by atoms with Gasteiger partial charge in [0.05, 0.1) is 11.2 Å². The Morgan fingerprint density at radius 3 is 2.83 bits per heavy atom. The molecular weight excluding hydrogens is 401 g/mol. The van der Waals surface area contributed by atoms with Crippen molar-refractivity contribution in [2.24, 2.45) is 0 Å². The Hall–Kier alpha value is -2.77. The lowest BCUT2D eigenvalue weighted by Gasteiger charge is -2.22. The summed E-state index contributed by atoms with van der Waals surface area (Å²) in [5.74, 6) is 0.482. The van der Waals surface area contributed by atoms with Crippen molar-refractivity contribution in [1.29, 1.82) is 0 Å². The second-order valence-corrected chi connectivity index (χ2v) is 8.03. The molecular formula is C23H24FN3O2S. The van der Waals surface area contributed by atoms with Gasteiger partial charge in [-0.3, -0.25) is 9.69 Å². The van der Waals surface area contributed by atoms with E-state index in [1.165, 1.54) is 17.4 Å². The Labute approximate surface area is 179 Å². The van der Waals surface area contributed by atoms with Gasteiger partial charge in [0.1, 0.15) is 18.2 Å². The molecule has 4 rings (SSSR count). The fraction of sp³-hybridized carbons (Fsp3) is 0.304. The molecule has 0 unspecified atom stereocenters. The van der Waals surface area contributed by atoms with Crippen molar-refractivity contribution in [3.8, 4) is 5.75 Å². The van der Waals surface area contributed by atoms with Crippen LogP contribution in [0.4, 0.5) is 4.39 Å². The number of benzene rings is 2. The zero-order valence-corrected chi connectivity index (χ0v) is 17.5. The quantitative estimate of drug-likeness (QED) is 0.594. The molecule has 7 heteroatoms. The molecule has 2 heterocycles. The maximum absolute atomic E-state index is 14.0. The second-order valence-electron chi connectivity index (χ2n) is 7.31. The number of aromatic nitrogens is 1. The Bertz CT molecular complexity index is 980. The smallest absolute Gasteiger partial charge is 0.254 e. The number of halogens is 1. The number of amides is 1. The van der Waals surface area contributed by atoms with Crippen LogP contribution in [0.5, 0.6) is 5.75 Å². The molecule has 1 amide bonds. The van der Waals surface area contributed by atoms with E-state index in [1.807, 2.05) is 40.6 Å². The number of hydrogen-bond acceptors (Lipinski definition) is 5. The average molecular weight is 426 g/mol. The predicted octanol–water partition coefficient (Wildman–Crippen LogP) is 4.21. The summed E-state index contributed by atoms with van der Waals surface area (Å²) in [7, 11) is 0. The van der Waals surface area contributed by atoms with Crippen LogP contribution >= 0.6 is 11.3 Å². The highest BCUT2D eigenvalue weighted by Gasteiger charge is 2.21. The number of ether oxygens (including phenoxy) is 1. The second kappa shape index (κ2) is 9.82. The Morgan fingerprint density at radius 1 is 1.10 bits per heavy atom. The van der Waals surface area contributed by atoms with Crippen LogP contribution in [0.15, 0.2) is 59.4 Å². The van der Waals surface area contributed by atoms with Gasteiger partial charge in [-0.2, -0.15) is 0 Å². The summed E-state index contributed by atoms with van der Waals surface area (Å²) in [6, 6.07) is 14.2. The fourth-order valence-corrected chi connectivity index (χ4v) is 4.11. The van der Waals surface area contributed by atoms with E-state index in [0.29, 0.717) is 43.1 Å². The van der Waals surface area contributed by atoms with Crippen LogP contribution in [0, 0.1) is 5.82 Å². The standard InChI is InChI=1S/C23H24FN3O2S/c24-22-8-2-1-5-19(22)14-26-9-4-10-27(12-11-26)23(28)18-6-3-7-21(13-18)29-15-20-16-30-17-25-20/h1-3,5-8,13,16-17H,4,9-12,14-15H2. The Kier molecular flexibility index (Phi) is 6.71. The summed E-state index contributed by atoms with van der Waals surface area (Å²) in [6.07, 6.45) is 0.861. The van der Waals surface area contributed by atoms with Crippen LogP contribution in [-0.4, -0.2) is 46.9 Å². The van der Waals surface area contributed by atoms with Crippen molar-refractivity contribution >= 4 is 17.2 Å². The highest BCUT2D eigenvalue weighted by Crippen LogP contribution is 2.18. The van der Waals surface area contributed by atoms with E-state index in [0.717, 1.165) is 25.2 Å². The molecule has 1 aromatic heterocycles. The lowest BCUT2D eigenvalue weighted by molar-refractivity contribution is 0.0760. The van der Waals surface area contributed by atoms with E-state index in [4.69, 9.17) is 4.74 Å². The highest BCUT2D eigenvalue weighted by atomic mass is 32.1. The molecule has 1 aliphatic rings. The SMILES string of the molecule is O=C(c1cccc(OCc2cscn2)c1)N1CCCN(Cc2ccccc2F)CC1. The normalized spacial score (nSPS) is 15.0. The van der Waals surface area contributed by atoms with E-state index < -0.39 is 0 Å². The van der Waals surface area contributed by atoms with E-state index in [2.05, 4.69) is 9.88 Å². The predicted molar refractivity (Wildman–Crippen MR) is 115 cm³/mol. The summed E-state index contributed by atoms with van der Waals surface area (Å²) in [4.78, 5) is 21.3. The number of rotatable bonds is 6. The molecule has 30 heavy (non-hydrogen) atoms. The minimum Gasteiger partial charge on any atom is -0.487 e. The maximum atomic E-state index is 14.0. The van der Waals surface area contributed by atoms with Gasteiger partial charge in [0, 0.05) is 49.2 Å². The number of carbonyl (C=O) groups excluding carboxylic acids is 1. The Balaban J connectivity index is 1.35. The molecule has 1 saturated heterocycles. The molecule has 2 aromatic carbocycles. The molecule has 156 valence electrons. The van der Waals surface area contributed by atoms with Gasteiger partial charge in [0.15, 0.2) is 0 Å². The number of thiazole rings is 1. The third-order valence-electron chi connectivity index (χ3n) is 5.18. The molecule has 0 bridgehead atoms. The van der Waals surface area contributed by atoms with Gasteiger partial charge < -0.3 is 9.64 Å². The lowest BCUT2D eigenvalue weighted by Crippen LogP contribution is -2.35. The largest absolute Gasteiger partial charge is 0.487 e. The molecule has 3 aromatic rings. The van der Waals surface area contributed by atoms with E-state index in [-0.39, 0.29) is 11.7 Å². The van der Waals surface area contributed by atoms with Crippen LogP contribution in [0.25, 0.3) is 0 Å². The van der Waals surface area contributed by atoms with E-state index in [1.54, 1.807) is 17.6 Å². The van der Waals surface area contributed by atoms with Crippen molar-refractivity contribution in [3.63, 3.8) is 0 Å². The van der Waals surface area contributed by atoms with Gasteiger partial charge in [-0.25, -0.2) is 9.37 Å². The third-order valence-corrected chi connectivity index (χ3v) is 5.81. The van der Waals surface area contributed by atoms with E-state index >= 15 is 0 Å². The van der Waals surface area contributed by atoms with Crippen molar-refractivity contribution in [3.05, 3.63) is 82.1 Å². The fourth-order valence-electron chi connectivity index (χ4n) is 3.57. The topological polar surface area (TPSA) is 45.7 Å². The first-order valence-electron chi connectivity index (χ1n) is 10.0. The minimum atomic E-state index is -0.177. The third kappa shape index (κ3) is 5.23. The summed E-state index contributed by atoms with van der Waals surface area (Å²) >= 11 is 1.53.